The van der Waals surface area contributed by atoms with Gasteiger partial charge in [-0.3, -0.25) is 4.79 Å². The fourth-order valence-electron chi connectivity index (χ4n) is 2.46. The van der Waals surface area contributed by atoms with Gasteiger partial charge in [0, 0.05) is 0 Å². The van der Waals surface area contributed by atoms with E-state index < -0.39 is 40.7 Å². The summed E-state index contributed by atoms with van der Waals surface area (Å²) in [5.41, 5.74) is -0.537. The zero-order valence-corrected chi connectivity index (χ0v) is 13.8. The number of carbonyl (C=O) groups excluding carboxylic acids is 1. The zero-order valence-electron chi connectivity index (χ0n) is 13.8. The van der Waals surface area contributed by atoms with Crippen LogP contribution in [0.25, 0.3) is 6.08 Å². The molecule has 0 saturated heterocycles. The summed E-state index contributed by atoms with van der Waals surface area (Å²) in [6.45, 7) is 1.38. The SMILES string of the molecule is CC1=NN(c2c(F)c(F)c(F)c(F)c2F)C(=O)/C1=C/C=C/c1ccccc1. The normalized spacial score (nSPS) is 15.9. The van der Waals surface area contributed by atoms with Crippen molar-refractivity contribution in [3.8, 4) is 0 Å². The van der Waals surface area contributed by atoms with Crippen LogP contribution in [-0.4, -0.2) is 11.6 Å². The van der Waals surface area contributed by atoms with Crippen molar-refractivity contribution in [2.45, 2.75) is 6.92 Å². The van der Waals surface area contributed by atoms with E-state index in [-0.39, 0.29) is 16.3 Å². The van der Waals surface area contributed by atoms with Gasteiger partial charge in [0.05, 0.1) is 11.3 Å². The van der Waals surface area contributed by atoms with Crippen molar-refractivity contribution >= 4 is 23.4 Å². The number of nitrogens with zero attached hydrogens (tertiary/aromatic N) is 2. The van der Waals surface area contributed by atoms with E-state index in [2.05, 4.69) is 5.10 Å². The third kappa shape index (κ3) is 3.25. The number of carbonyl (C=O) groups is 1. The van der Waals surface area contributed by atoms with Crippen molar-refractivity contribution in [2.75, 3.05) is 5.01 Å². The summed E-state index contributed by atoms with van der Waals surface area (Å²) < 4.78 is 67.8. The van der Waals surface area contributed by atoms with Gasteiger partial charge >= 0.3 is 0 Å². The van der Waals surface area contributed by atoms with E-state index in [1.165, 1.54) is 19.1 Å². The molecule has 0 fully saturated rings. The van der Waals surface area contributed by atoms with Crippen molar-refractivity contribution in [2.24, 2.45) is 5.10 Å². The van der Waals surface area contributed by atoms with Gasteiger partial charge in [-0.25, -0.2) is 22.0 Å². The third-order valence-electron chi connectivity index (χ3n) is 3.81. The molecular formula is C19H11F5N2O. The predicted molar refractivity (Wildman–Crippen MR) is 90.4 cm³/mol. The number of benzene rings is 2. The lowest BCUT2D eigenvalue weighted by molar-refractivity contribution is -0.114. The lowest BCUT2D eigenvalue weighted by Gasteiger charge is -2.14. The van der Waals surface area contributed by atoms with E-state index in [1.807, 2.05) is 30.3 Å². The number of anilines is 1. The molecule has 0 aliphatic carbocycles. The van der Waals surface area contributed by atoms with E-state index in [0.29, 0.717) is 0 Å². The minimum atomic E-state index is -2.30. The van der Waals surface area contributed by atoms with Gasteiger partial charge in [-0.15, -0.1) is 0 Å². The zero-order chi connectivity index (χ0) is 19.7. The van der Waals surface area contributed by atoms with Crippen LogP contribution < -0.4 is 5.01 Å². The second-order valence-electron chi connectivity index (χ2n) is 5.57. The van der Waals surface area contributed by atoms with Gasteiger partial charge in [-0.05, 0) is 18.6 Å². The van der Waals surface area contributed by atoms with Crippen LogP contribution in [0.4, 0.5) is 27.6 Å². The average Bonchev–Trinajstić information content (AvgIpc) is 2.94. The lowest BCUT2D eigenvalue weighted by Crippen LogP contribution is -2.25. The maximum absolute atomic E-state index is 13.9. The molecule has 138 valence electrons. The Bertz CT molecular complexity index is 984. The van der Waals surface area contributed by atoms with E-state index in [9.17, 15) is 26.7 Å². The molecule has 1 amide bonds. The Hall–Kier alpha value is -3.29. The van der Waals surface area contributed by atoms with Crippen molar-refractivity contribution in [3.63, 3.8) is 0 Å². The van der Waals surface area contributed by atoms with E-state index in [0.717, 1.165) is 5.56 Å². The molecule has 0 spiro atoms. The molecule has 0 unspecified atom stereocenters. The number of allylic oxidation sites excluding steroid dienone is 2. The van der Waals surface area contributed by atoms with Crippen molar-refractivity contribution in [3.05, 3.63) is 82.7 Å². The summed E-state index contributed by atoms with van der Waals surface area (Å²) >= 11 is 0. The Balaban J connectivity index is 1.97. The van der Waals surface area contributed by atoms with Crippen molar-refractivity contribution in [1.29, 1.82) is 0 Å². The molecular weight excluding hydrogens is 367 g/mol. The second kappa shape index (κ2) is 7.14. The topological polar surface area (TPSA) is 32.7 Å². The van der Waals surface area contributed by atoms with Crippen LogP contribution in [0.5, 0.6) is 0 Å². The minimum Gasteiger partial charge on any atom is -0.267 e. The maximum atomic E-state index is 13.9. The molecule has 27 heavy (non-hydrogen) atoms. The summed E-state index contributed by atoms with van der Waals surface area (Å²) in [7, 11) is 0. The monoisotopic (exact) mass is 378 g/mol. The van der Waals surface area contributed by atoms with E-state index >= 15 is 0 Å². The summed E-state index contributed by atoms with van der Waals surface area (Å²) in [4.78, 5) is 12.4. The summed E-state index contributed by atoms with van der Waals surface area (Å²) in [5.74, 6) is -11.9. The largest absolute Gasteiger partial charge is 0.280 e. The molecule has 0 N–H and O–H groups in total. The summed E-state index contributed by atoms with van der Waals surface area (Å²) in [5, 5.41) is 3.82. The van der Waals surface area contributed by atoms with Crippen LogP contribution >= 0.6 is 0 Å². The fraction of sp³-hybridized carbons (Fsp3) is 0.0526. The Morgan fingerprint density at radius 3 is 2.04 bits per heavy atom. The molecule has 0 radical (unpaired) electrons. The molecule has 3 rings (SSSR count). The quantitative estimate of drug-likeness (QED) is 0.329. The summed E-state index contributed by atoms with van der Waals surface area (Å²) in [6, 6.07) is 9.08. The van der Waals surface area contributed by atoms with Crippen molar-refractivity contribution < 1.29 is 26.7 Å². The number of hydrogen-bond donors (Lipinski definition) is 0. The van der Waals surface area contributed by atoms with Gasteiger partial charge in [0.2, 0.25) is 5.82 Å². The number of rotatable bonds is 3. The Labute approximate surface area is 150 Å². The first-order valence-electron chi connectivity index (χ1n) is 7.67. The smallest absolute Gasteiger partial charge is 0.267 e. The number of hydrazone groups is 1. The van der Waals surface area contributed by atoms with Crippen LogP contribution in [0.3, 0.4) is 0 Å². The highest BCUT2D eigenvalue weighted by Gasteiger charge is 2.36. The predicted octanol–water partition coefficient (Wildman–Crippen LogP) is 4.74. The van der Waals surface area contributed by atoms with Gasteiger partial charge in [0.25, 0.3) is 5.91 Å². The van der Waals surface area contributed by atoms with E-state index in [4.69, 9.17) is 0 Å². The Morgan fingerprint density at radius 1 is 0.889 bits per heavy atom. The first-order chi connectivity index (χ1) is 12.8. The molecule has 0 saturated carbocycles. The van der Waals surface area contributed by atoms with Gasteiger partial charge in [0.15, 0.2) is 23.3 Å². The number of amides is 1. The molecule has 3 nitrogen and oxygen atoms in total. The standard InChI is InChI=1S/C19H11F5N2O/c1-10-12(9-5-8-11-6-3-2-4-7-11)19(27)26(25-10)18-16(23)14(21)13(20)15(22)17(18)24/h2-9H,1H3/b8-5+,12-9+. The molecule has 1 heterocycles. The van der Waals surface area contributed by atoms with Crippen molar-refractivity contribution in [1.82, 2.24) is 0 Å². The van der Waals surface area contributed by atoms with Crippen LogP contribution in [0.15, 0.2) is 53.2 Å². The fourth-order valence-corrected chi connectivity index (χ4v) is 2.46. The highest BCUT2D eigenvalue weighted by molar-refractivity contribution is 6.29. The highest BCUT2D eigenvalue weighted by Crippen LogP contribution is 2.33. The van der Waals surface area contributed by atoms with Crippen LogP contribution in [0.1, 0.15) is 12.5 Å². The Morgan fingerprint density at radius 2 is 1.44 bits per heavy atom. The number of hydrogen-bond acceptors (Lipinski definition) is 2. The minimum absolute atomic E-state index is 0.0360. The molecule has 2 aromatic rings. The average molecular weight is 378 g/mol. The summed E-state index contributed by atoms with van der Waals surface area (Å²) in [6.07, 6.45) is 4.54. The first kappa shape index (κ1) is 18.5. The second-order valence-corrected chi connectivity index (χ2v) is 5.57. The lowest BCUT2D eigenvalue weighted by atomic mass is 10.1. The molecule has 8 heteroatoms. The molecule has 1 aliphatic rings. The van der Waals surface area contributed by atoms with Gasteiger partial charge in [-0.2, -0.15) is 10.1 Å². The molecule has 1 aliphatic heterocycles. The number of halogens is 5. The van der Waals surface area contributed by atoms with Gasteiger partial charge in [0.1, 0.15) is 5.69 Å². The van der Waals surface area contributed by atoms with Gasteiger partial charge in [-0.1, -0.05) is 42.5 Å². The first-order valence-corrected chi connectivity index (χ1v) is 7.67. The highest BCUT2D eigenvalue weighted by atomic mass is 19.2. The molecule has 0 atom stereocenters. The molecule has 0 aromatic heterocycles. The van der Waals surface area contributed by atoms with Crippen LogP contribution in [0.2, 0.25) is 0 Å². The van der Waals surface area contributed by atoms with Crippen LogP contribution in [-0.2, 0) is 4.79 Å². The maximum Gasteiger partial charge on any atom is 0.280 e. The Kier molecular flexibility index (Phi) is 4.89. The third-order valence-corrected chi connectivity index (χ3v) is 3.81. The van der Waals surface area contributed by atoms with E-state index in [1.54, 1.807) is 6.08 Å². The van der Waals surface area contributed by atoms with Crippen LogP contribution in [0, 0.1) is 29.1 Å². The van der Waals surface area contributed by atoms with Gasteiger partial charge < -0.3 is 0 Å². The molecule has 0 bridgehead atoms. The molecule has 2 aromatic carbocycles.